The van der Waals surface area contributed by atoms with Crippen molar-refractivity contribution in [3.05, 3.63) is 0 Å². The number of terminal acetylenes is 1. The van der Waals surface area contributed by atoms with Gasteiger partial charge in [0.15, 0.2) is 0 Å². The molecule has 0 aromatic rings. The summed E-state index contributed by atoms with van der Waals surface area (Å²) in [6.07, 6.45) is 7.67. The summed E-state index contributed by atoms with van der Waals surface area (Å²) in [6.45, 7) is 7.53. The van der Waals surface area contributed by atoms with Crippen LogP contribution in [0.3, 0.4) is 0 Å². The zero-order valence-electron chi connectivity index (χ0n) is 7.85. The molecule has 0 heterocycles. The second kappa shape index (κ2) is 6.24. The quantitative estimate of drug-likeness (QED) is 0.596. The minimum absolute atomic E-state index is 0.264. The Balaban J connectivity index is 3.68. The summed E-state index contributed by atoms with van der Waals surface area (Å²) in [7, 11) is 0. The predicted octanol–water partition coefficient (Wildman–Crippen LogP) is 2.03. The summed E-state index contributed by atoms with van der Waals surface area (Å²) in [4.78, 5) is 0. The van der Waals surface area contributed by atoms with E-state index in [0.29, 0.717) is 5.92 Å². The van der Waals surface area contributed by atoms with Gasteiger partial charge in [0.05, 0.1) is 6.04 Å². The lowest BCUT2D eigenvalue weighted by Crippen LogP contribution is -2.33. The molecule has 0 spiro atoms. The molecule has 0 aliphatic heterocycles. The largest absolute Gasteiger partial charge is 0.303 e. The van der Waals surface area contributed by atoms with Crippen molar-refractivity contribution in [1.29, 1.82) is 0 Å². The second-order valence-electron chi connectivity index (χ2n) is 2.98. The SMILES string of the molecule is C#CC(NCCC)C(C)CC. The molecule has 1 nitrogen and oxygen atoms in total. The van der Waals surface area contributed by atoms with Crippen LogP contribution in [0.15, 0.2) is 0 Å². The van der Waals surface area contributed by atoms with Crippen LogP contribution < -0.4 is 5.32 Å². The maximum atomic E-state index is 5.38. The molecule has 0 rings (SSSR count). The Morgan fingerprint density at radius 3 is 2.45 bits per heavy atom. The van der Waals surface area contributed by atoms with Crippen LogP contribution in [0.2, 0.25) is 0 Å². The van der Waals surface area contributed by atoms with E-state index in [0.717, 1.165) is 19.4 Å². The lowest BCUT2D eigenvalue weighted by Gasteiger charge is -2.18. The third kappa shape index (κ3) is 4.06. The molecule has 0 aliphatic rings. The molecular weight excluding hydrogens is 134 g/mol. The number of rotatable bonds is 5. The number of hydrogen-bond donors (Lipinski definition) is 1. The Hall–Kier alpha value is -0.480. The average Bonchev–Trinajstić information content (AvgIpc) is 2.05. The summed E-state index contributed by atoms with van der Waals surface area (Å²) in [5.74, 6) is 3.37. The van der Waals surface area contributed by atoms with Crippen molar-refractivity contribution in [2.24, 2.45) is 5.92 Å². The Morgan fingerprint density at radius 1 is 1.45 bits per heavy atom. The fourth-order valence-corrected chi connectivity index (χ4v) is 0.960. The summed E-state index contributed by atoms with van der Waals surface area (Å²) in [6, 6.07) is 0.264. The van der Waals surface area contributed by atoms with Crippen molar-refractivity contribution < 1.29 is 0 Å². The van der Waals surface area contributed by atoms with E-state index < -0.39 is 0 Å². The Morgan fingerprint density at radius 2 is 2.09 bits per heavy atom. The van der Waals surface area contributed by atoms with E-state index >= 15 is 0 Å². The molecule has 0 fully saturated rings. The average molecular weight is 153 g/mol. The zero-order chi connectivity index (χ0) is 8.69. The van der Waals surface area contributed by atoms with Crippen LogP contribution >= 0.6 is 0 Å². The van der Waals surface area contributed by atoms with Gasteiger partial charge >= 0.3 is 0 Å². The summed E-state index contributed by atoms with van der Waals surface area (Å²) in [5.41, 5.74) is 0. The van der Waals surface area contributed by atoms with Crippen molar-refractivity contribution in [3.8, 4) is 12.3 Å². The van der Waals surface area contributed by atoms with Gasteiger partial charge in [0.25, 0.3) is 0 Å². The van der Waals surface area contributed by atoms with E-state index in [4.69, 9.17) is 6.42 Å². The van der Waals surface area contributed by atoms with E-state index in [1.54, 1.807) is 0 Å². The minimum Gasteiger partial charge on any atom is -0.303 e. The van der Waals surface area contributed by atoms with Crippen molar-refractivity contribution >= 4 is 0 Å². The smallest absolute Gasteiger partial charge is 0.0712 e. The van der Waals surface area contributed by atoms with Gasteiger partial charge in [-0.05, 0) is 18.9 Å². The van der Waals surface area contributed by atoms with E-state index in [1.807, 2.05) is 0 Å². The molecule has 2 atom stereocenters. The van der Waals surface area contributed by atoms with Gasteiger partial charge in [-0.3, -0.25) is 0 Å². The van der Waals surface area contributed by atoms with Crippen LogP contribution in [-0.2, 0) is 0 Å². The Kier molecular flexibility index (Phi) is 5.97. The molecule has 0 saturated carbocycles. The van der Waals surface area contributed by atoms with E-state index in [9.17, 15) is 0 Å². The van der Waals surface area contributed by atoms with Crippen LogP contribution in [-0.4, -0.2) is 12.6 Å². The fraction of sp³-hybridized carbons (Fsp3) is 0.800. The summed E-state index contributed by atoms with van der Waals surface area (Å²) in [5, 5.41) is 3.33. The van der Waals surface area contributed by atoms with Crippen LogP contribution in [0.5, 0.6) is 0 Å². The summed E-state index contributed by atoms with van der Waals surface area (Å²) < 4.78 is 0. The molecule has 64 valence electrons. The molecule has 0 amide bonds. The first-order valence-electron chi connectivity index (χ1n) is 4.45. The first kappa shape index (κ1) is 10.5. The molecule has 2 unspecified atom stereocenters. The van der Waals surface area contributed by atoms with Gasteiger partial charge in [-0.2, -0.15) is 0 Å². The molecule has 0 aliphatic carbocycles. The standard InChI is InChI=1S/C10H19N/c1-5-8-11-10(7-3)9(4)6-2/h3,9-11H,5-6,8H2,1-2,4H3. The van der Waals surface area contributed by atoms with E-state index in [1.165, 1.54) is 0 Å². The van der Waals surface area contributed by atoms with Gasteiger partial charge in [-0.25, -0.2) is 0 Å². The number of hydrogen-bond acceptors (Lipinski definition) is 1. The minimum atomic E-state index is 0.264. The molecule has 0 saturated heterocycles. The van der Waals surface area contributed by atoms with Crippen LogP contribution in [0.4, 0.5) is 0 Å². The lowest BCUT2D eigenvalue weighted by atomic mass is 10.00. The highest BCUT2D eigenvalue weighted by Gasteiger charge is 2.10. The van der Waals surface area contributed by atoms with E-state index in [-0.39, 0.29) is 6.04 Å². The fourth-order valence-electron chi connectivity index (χ4n) is 0.960. The third-order valence-electron chi connectivity index (χ3n) is 2.01. The van der Waals surface area contributed by atoms with Crippen LogP contribution in [0, 0.1) is 18.3 Å². The zero-order valence-corrected chi connectivity index (χ0v) is 7.85. The second-order valence-corrected chi connectivity index (χ2v) is 2.98. The molecule has 0 aromatic heterocycles. The van der Waals surface area contributed by atoms with Crippen molar-refractivity contribution in [2.75, 3.05) is 6.54 Å². The number of nitrogens with one attached hydrogen (secondary N) is 1. The molecule has 0 aromatic carbocycles. The van der Waals surface area contributed by atoms with E-state index in [2.05, 4.69) is 32.0 Å². The van der Waals surface area contributed by atoms with Crippen LogP contribution in [0.25, 0.3) is 0 Å². The Labute approximate surface area is 70.6 Å². The normalized spacial score (nSPS) is 15.5. The van der Waals surface area contributed by atoms with Gasteiger partial charge in [-0.15, -0.1) is 6.42 Å². The summed E-state index contributed by atoms with van der Waals surface area (Å²) >= 11 is 0. The highest BCUT2D eigenvalue weighted by atomic mass is 14.9. The first-order chi connectivity index (χ1) is 5.26. The van der Waals surface area contributed by atoms with Crippen molar-refractivity contribution in [3.63, 3.8) is 0 Å². The van der Waals surface area contributed by atoms with Crippen LogP contribution in [0.1, 0.15) is 33.6 Å². The van der Waals surface area contributed by atoms with Gasteiger partial charge < -0.3 is 5.32 Å². The van der Waals surface area contributed by atoms with Gasteiger partial charge in [0.2, 0.25) is 0 Å². The highest BCUT2D eigenvalue weighted by Crippen LogP contribution is 2.05. The van der Waals surface area contributed by atoms with Gasteiger partial charge in [-0.1, -0.05) is 33.1 Å². The molecule has 1 heteroatoms. The molecule has 1 N–H and O–H groups in total. The third-order valence-corrected chi connectivity index (χ3v) is 2.01. The molecular formula is C10H19N. The Bertz CT molecular complexity index is 123. The highest BCUT2D eigenvalue weighted by molar-refractivity contribution is 5.00. The van der Waals surface area contributed by atoms with Gasteiger partial charge in [0.1, 0.15) is 0 Å². The maximum absolute atomic E-state index is 5.38. The molecule has 0 radical (unpaired) electrons. The first-order valence-corrected chi connectivity index (χ1v) is 4.45. The molecule has 11 heavy (non-hydrogen) atoms. The molecule has 0 bridgehead atoms. The van der Waals surface area contributed by atoms with Crippen molar-refractivity contribution in [1.82, 2.24) is 5.32 Å². The van der Waals surface area contributed by atoms with Gasteiger partial charge in [0, 0.05) is 0 Å². The predicted molar refractivity (Wildman–Crippen MR) is 50.4 cm³/mol. The topological polar surface area (TPSA) is 12.0 Å². The monoisotopic (exact) mass is 153 g/mol. The lowest BCUT2D eigenvalue weighted by molar-refractivity contribution is 0.434. The van der Waals surface area contributed by atoms with Crippen molar-refractivity contribution in [2.45, 2.75) is 39.7 Å². The maximum Gasteiger partial charge on any atom is 0.0712 e.